The van der Waals surface area contributed by atoms with E-state index >= 15 is 4.39 Å². The van der Waals surface area contributed by atoms with Gasteiger partial charge in [-0.15, -0.1) is 0 Å². The zero-order valence-corrected chi connectivity index (χ0v) is 13.3. The van der Waals surface area contributed by atoms with Gasteiger partial charge in [-0.2, -0.15) is 0 Å². The van der Waals surface area contributed by atoms with E-state index in [0.29, 0.717) is 0 Å². The van der Waals surface area contributed by atoms with E-state index in [-0.39, 0.29) is 5.56 Å². The van der Waals surface area contributed by atoms with Gasteiger partial charge in [-0.1, -0.05) is 78.9 Å². The highest BCUT2D eigenvalue weighted by molar-refractivity contribution is 5.84. The molecule has 0 bridgehead atoms. The van der Waals surface area contributed by atoms with Crippen LogP contribution < -0.4 is 0 Å². The third-order valence-corrected chi connectivity index (χ3v) is 4.88. The highest BCUT2D eigenvalue weighted by Crippen LogP contribution is 2.54. The molecule has 0 radical (unpaired) electrons. The third-order valence-electron chi connectivity index (χ3n) is 4.88. The van der Waals surface area contributed by atoms with Gasteiger partial charge in [0.15, 0.2) is 11.7 Å². The van der Waals surface area contributed by atoms with E-state index in [1.807, 2.05) is 48.5 Å². The van der Waals surface area contributed by atoms with Crippen LogP contribution in [0.25, 0.3) is 17.0 Å². The maximum atomic E-state index is 15.4. The maximum absolute atomic E-state index is 15.4. The second-order valence-electron chi connectivity index (χ2n) is 6.21. The third kappa shape index (κ3) is 1.96. The molecule has 24 heavy (non-hydrogen) atoms. The van der Waals surface area contributed by atoms with Crippen molar-refractivity contribution in [1.82, 2.24) is 0 Å². The minimum absolute atomic E-state index is 0.262. The molecule has 1 aliphatic carbocycles. The van der Waals surface area contributed by atoms with Crippen molar-refractivity contribution in [3.63, 3.8) is 0 Å². The average Bonchev–Trinajstić information content (AvgIpc) is 2.92. The fraction of sp³-hybridized carbons (Fsp3) is 0.0909. The van der Waals surface area contributed by atoms with Crippen LogP contribution in [0.5, 0.6) is 0 Å². The van der Waals surface area contributed by atoms with Gasteiger partial charge in [0.1, 0.15) is 0 Å². The van der Waals surface area contributed by atoms with Crippen LogP contribution in [0.2, 0.25) is 0 Å². The van der Waals surface area contributed by atoms with E-state index in [1.54, 1.807) is 37.3 Å². The number of hydrogen-bond donors (Lipinski definition) is 0. The summed E-state index contributed by atoms with van der Waals surface area (Å²) in [6.45, 7) is 1.76. The summed E-state index contributed by atoms with van der Waals surface area (Å²) < 4.78 is 30.4. The highest BCUT2D eigenvalue weighted by atomic mass is 19.2. The van der Waals surface area contributed by atoms with Gasteiger partial charge in [-0.05, 0) is 29.2 Å². The lowest BCUT2D eigenvalue weighted by atomic mass is 9.78. The van der Waals surface area contributed by atoms with E-state index in [4.69, 9.17) is 0 Å². The van der Waals surface area contributed by atoms with Crippen molar-refractivity contribution < 1.29 is 8.78 Å². The summed E-state index contributed by atoms with van der Waals surface area (Å²) in [5.41, 5.74) is 2.67. The molecule has 0 fully saturated rings. The molecule has 0 amide bonds. The molecule has 118 valence electrons. The Morgan fingerprint density at radius 1 is 0.667 bits per heavy atom. The van der Waals surface area contributed by atoms with Gasteiger partial charge >= 0.3 is 0 Å². The summed E-state index contributed by atoms with van der Waals surface area (Å²) in [5.74, 6) is -1.55. The number of hydrogen-bond acceptors (Lipinski definition) is 0. The molecular weight excluding hydrogens is 302 g/mol. The summed E-state index contributed by atoms with van der Waals surface area (Å²) in [7, 11) is 0. The van der Waals surface area contributed by atoms with Crippen molar-refractivity contribution in [3.05, 3.63) is 101 Å². The summed E-state index contributed by atoms with van der Waals surface area (Å²) in [6.07, 6.45) is 0. The van der Waals surface area contributed by atoms with Crippen LogP contribution in [0.15, 0.2) is 84.7 Å². The Balaban J connectivity index is 2.00. The zero-order chi connectivity index (χ0) is 16.7. The Bertz CT molecular complexity index is 893. The first-order valence-electron chi connectivity index (χ1n) is 7.94. The van der Waals surface area contributed by atoms with E-state index in [2.05, 4.69) is 0 Å². The lowest BCUT2D eigenvalue weighted by Crippen LogP contribution is -2.22. The Labute approximate surface area is 140 Å². The molecule has 3 aromatic rings. The molecule has 0 spiro atoms. The molecule has 0 saturated heterocycles. The molecule has 2 heteroatoms. The summed E-state index contributed by atoms with van der Waals surface area (Å²) >= 11 is 0. The monoisotopic (exact) mass is 318 g/mol. The predicted octanol–water partition coefficient (Wildman–Crippen LogP) is 6.28. The molecule has 3 aromatic carbocycles. The first-order chi connectivity index (χ1) is 11.6. The minimum atomic E-state index is -1.12. The molecule has 0 N–H and O–H groups in total. The average molecular weight is 318 g/mol. The zero-order valence-electron chi connectivity index (χ0n) is 13.3. The number of allylic oxidation sites excluding steroid dienone is 1. The van der Waals surface area contributed by atoms with Crippen LogP contribution in [0.4, 0.5) is 8.78 Å². The molecule has 0 saturated carbocycles. The molecule has 0 heterocycles. The number of rotatable bonds is 2. The lowest BCUT2D eigenvalue weighted by molar-refractivity contribution is 0.476. The van der Waals surface area contributed by atoms with Crippen molar-refractivity contribution in [1.29, 1.82) is 0 Å². The predicted molar refractivity (Wildman–Crippen MR) is 93.9 cm³/mol. The van der Waals surface area contributed by atoms with Gasteiger partial charge in [-0.3, -0.25) is 0 Å². The first kappa shape index (κ1) is 14.8. The van der Waals surface area contributed by atoms with Gasteiger partial charge in [0, 0.05) is 5.56 Å². The number of fused-ring (bicyclic) bond motifs is 3. The van der Waals surface area contributed by atoms with Crippen molar-refractivity contribution in [2.45, 2.75) is 12.3 Å². The highest BCUT2D eigenvalue weighted by Gasteiger charge is 2.44. The van der Waals surface area contributed by atoms with E-state index in [9.17, 15) is 4.39 Å². The Morgan fingerprint density at radius 3 is 1.67 bits per heavy atom. The van der Waals surface area contributed by atoms with Crippen LogP contribution in [-0.2, 0) is 5.41 Å². The second-order valence-corrected chi connectivity index (χ2v) is 6.21. The standard InChI is InChI=1S/C22H16F2/c1-22(21(24)20(23)15-9-3-2-4-10-15)18-13-7-5-11-16(18)17-12-6-8-14-19(17)22/h2-14H,1H3/b21-20-. The molecule has 0 atom stereocenters. The quantitative estimate of drug-likeness (QED) is 0.521. The molecule has 0 aromatic heterocycles. The van der Waals surface area contributed by atoms with Crippen molar-refractivity contribution >= 4 is 5.83 Å². The summed E-state index contributed by atoms with van der Waals surface area (Å²) in [5, 5.41) is 0. The number of halogens is 2. The van der Waals surface area contributed by atoms with Gasteiger partial charge < -0.3 is 0 Å². The summed E-state index contributed by atoms with van der Waals surface area (Å²) in [4.78, 5) is 0. The molecule has 1 aliphatic rings. The van der Waals surface area contributed by atoms with E-state index in [0.717, 1.165) is 22.3 Å². The molecule has 0 unspecified atom stereocenters. The molecule has 0 nitrogen and oxygen atoms in total. The van der Waals surface area contributed by atoms with Crippen LogP contribution in [0.3, 0.4) is 0 Å². The molecule has 0 aliphatic heterocycles. The van der Waals surface area contributed by atoms with E-state index in [1.165, 1.54) is 0 Å². The first-order valence-corrected chi connectivity index (χ1v) is 7.94. The van der Waals surface area contributed by atoms with Gasteiger partial charge in [-0.25, -0.2) is 8.78 Å². The smallest absolute Gasteiger partial charge is 0.163 e. The van der Waals surface area contributed by atoms with Gasteiger partial charge in [0.2, 0.25) is 0 Å². The fourth-order valence-corrected chi connectivity index (χ4v) is 3.62. The topological polar surface area (TPSA) is 0 Å². The molecular formula is C22H16F2. The maximum Gasteiger partial charge on any atom is 0.163 e. The second kappa shape index (κ2) is 5.41. The lowest BCUT2D eigenvalue weighted by Gasteiger charge is -2.26. The SMILES string of the molecule is CC1(/C(F)=C(/F)c2ccccc2)c2ccccc2-c2ccccc21. The Kier molecular flexibility index (Phi) is 3.34. The van der Waals surface area contributed by atoms with Crippen LogP contribution in [0.1, 0.15) is 23.6 Å². The van der Waals surface area contributed by atoms with Gasteiger partial charge in [0.05, 0.1) is 5.41 Å². The largest absolute Gasteiger partial charge is 0.207 e. The van der Waals surface area contributed by atoms with Crippen LogP contribution in [0, 0.1) is 0 Å². The number of benzene rings is 3. The Hall–Kier alpha value is -2.74. The van der Waals surface area contributed by atoms with Crippen LogP contribution in [-0.4, -0.2) is 0 Å². The van der Waals surface area contributed by atoms with Crippen molar-refractivity contribution in [2.24, 2.45) is 0 Å². The summed E-state index contributed by atoms with van der Waals surface area (Å²) in [6, 6.07) is 23.7. The fourth-order valence-electron chi connectivity index (χ4n) is 3.62. The normalized spacial score (nSPS) is 15.5. The van der Waals surface area contributed by atoms with Crippen molar-refractivity contribution in [3.8, 4) is 11.1 Å². The molecule has 4 rings (SSSR count). The van der Waals surface area contributed by atoms with Crippen molar-refractivity contribution in [2.75, 3.05) is 0 Å². The van der Waals surface area contributed by atoms with Crippen LogP contribution >= 0.6 is 0 Å². The Morgan fingerprint density at radius 2 is 1.12 bits per heavy atom. The minimum Gasteiger partial charge on any atom is -0.207 e. The van der Waals surface area contributed by atoms with E-state index < -0.39 is 17.1 Å². The van der Waals surface area contributed by atoms with Gasteiger partial charge in [0.25, 0.3) is 0 Å².